The lowest BCUT2D eigenvalue weighted by molar-refractivity contribution is -0.547. The van der Waals surface area contributed by atoms with Crippen LogP contribution in [0.1, 0.15) is 6.92 Å². The molecule has 0 bridgehead atoms. The fourth-order valence-corrected chi connectivity index (χ4v) is 2.21. The molecule has 0 aromatic rings. The zero-order chi connectivity index (χ0) is 9.26. The van der Waals surface area contributed by atoms with Gasteiger partial charge in [0.2, 0.25) is 0 Å². The van der Waals surface area contributed by atoms with Gasteiger partial charge in [0.25, 0.3) is 0 Å². The Morgan fingerprint density at radius 3 is 2.69 bits per heavy atom. The molecule has 2 heterocycles. The summed E-state index contributed by atoms with van der Waals surface area (Å²) >= 11 is 1.67. The van der Waals surface area contributed by atoms with Crippen molar-refractivity contribution in [2.24, 2.45) is 4.99 Å². The third kappa shape index (κ3) is 1.84. The van der Waals surface area contributed by atoms with E-state index in [4.69, 9.17) is 4.74 Å². The standard InChI is InChI=1S/C9H13N2OS/c1-7-8(2)13-9(10-7)11-3-5-12-6-4-11/h2-6H2,1H3/q+1. The number of ether oxygens (including phenoxy) is 1. The van der Waals surface area contributed by atoms with Crippen molar-refractivity contribution in [3.8, 4) is 0 Å². The van der Waals surface area contributed by atoms with Crippen molar-refractivity contribution >= 4 is 22.6 Å². The van der Waals surface area contributed by atoms with Crippen molar-refractivity contribution in [1.29, 1.82) is 0 Å². The Balaban J connectivity index is 2.20. The number of allylic oxidation sites excluding steroid dienone is 1. The molecular formula is C9H13N2OS+. The quantitative estimate of drug-likeness (QED) is 0.543. The van der Waals surface area contributed by atoms with E-state index in [9.17, 15) is 0 Å². The Morgan fingerprint density at radius 2 is 2.15 bits per heavy atom. The summed E-state index contributed by atoms with van der Waals surface area (Å²) in [5.74, 6) is 0. The topological polar surface area (TPSA) is 24.6 Å². The molecule has 2 rings (SSSR count). The van der Waals surface area contributed by atoms with Gasteiger partial charge in [-0.3, -0.25) is 0 Å². The van der Waals surface area contributed by atoms with Crippen LogP contribution in [0.3, 0.4) is 0 Å². The van der Waals surface area contributed by atoms with Crippen LogP contribution in [-0.4, -0.2) is 41.8 Å². The van der Waals surface area contributed by atoms with E-state index >= 15 is 0 Å². The van der Waals surface area contributed by atoms with Crippen LogP contribution in [0.15, 0.2) is 16.5 Å². The maximum absolute atomic E-state index is 5.28. The molecule has 2 aliphatic rings. The van der Waals surface area contributed by atoms with E-state index in [0.29, 0.717) is 0 Å². The van der Waals surface area contributed by atoms with Crippen LogP contribution in [0.2, 0.25) is 0 Å². The van der Waals surface area contributed by atoms with Gasteiger partial charge in [-0.25, -0.2) is 4.58 Å². The van der Waals surface area contributed by atoms with Gasteiger partial charge in [-0.2, -0.15) is 0 Å². The minimum absolute atomic E-state index is 0.811. The summed E-state index contributed by atoms with van der Waals surface area (Å²) in [5.41, 5.74) is 1.05. The third-order valence-corrected chi connectivity index (χ3v) is 3.24. The summed E-state index contributed by atoms with van der Waals surface area (Å²) in [6, 6.07) is 0. The fraction of sp³-hybridized carbons (Fsp3) is 0.556. The molecule has 0 unspecified atom stereocenters. The van der Waals surface area contributed by atoms with Crippen molar-refractivity contribution < 1.29 is 9.31 Å². The van der Waals surface area contributed by atoms with Gasteiger partial charge < -0.3 is 4.74 Å². The van der Waals surface area contributed by atoms with E-state index in [1.807, 2.05) is 6.92 Å². The molecule has 0 atom stereocenters. The number of aliphatic imine (C=N–C) groups is 1. The van der Waals surface area contributed by atoms with E-state index in [1.54, 1.807) is 11.8 Å². The molecule has 3 nitrogen and oxygen atoms in total. The smallest absolute Gasteiger partial charge is 0.359 e. The molecule has 1 fully saturated rings. The Hall–Kier alpha value is -0.610. The monoisotopic (exact) mass is 197 g/mol. The number of morpholine rings is 1. The molecule has 0 aromatic carbocycles. The molecule has 1 saturated heterocycles. The first-order valence-electron chi connectivity index (χ1n) is 4.39. The lowest BCUT2D eigenvalue weighted by Crippen LogP contribution is -2.31. The van der Waals surface area contributed by atoms with Crippen LogP contribution in [0.4, 0.5) is 0 Å². The van der Waals surface area contributed by atoms with Gasteiger partial charge in [-0.1, -0.05) is 6.58 Å². The Labute approximate surface area is 82.2 Å². The molecule has 0 spiro atoms. The third-order valence-electron chi connectivity index (χ3n) is 2.16. The molecule has 70 valence electrons. The maximum Gasteiger partial charge on any atom is 0.359 e. The number of thioether (sulfide) groups is 1. The molecule has 2 aliphatic heterocycles. The van der Waals surface area contributed by atoms with Crippen molar-refractivity contribution in [2.75, 3.05) is 26.3 Å². The minimum Gasteiger partial charge on any atom is -0.373 e. The van der Waals surface area contributed by atoms with Gasteiger partial charge in [-0.05, 0) is 4.99 Å². The van der Waals surface area contributed by atoms with E-state index in [0.717, 1.165) is 42.1 Å². The normalized spacial score (nSPS) is 23.8. The predicted molar refractivity (Wildman–Crippen MR) is 55.7 cm³/mol. The zero-order valence-electron chi connectivity index (χ0n) is 7.75. The number of nitrogens with zero attached hydrogens (tertiary/aromatic N) is 2. The fourth-order valence-electron chi connectivity index (χ4n) is 1.30. The van der Waals surface area contributed by atoms with E-state index < -0.39 is 0 Å². The molecule has 0 aliphatic carbocycles. The minimum atomic E-state index is 0.811. The molecular weight excluding hydrogens is 184 g/mol. The number of amidine groups is 1. The molecule has 0 amide bonds. The highest BCUT2D eigenvalue weighted by atomic mass is 32.2. The largest absolute Gasteiger partial charge is 0.373 e. The SMILES string of the molecule is C=C1SC(=[N+]2CCOCC2)N=C1C. The highest BCUT2D eigenvalue weighted by Crippen LogP contribution is 2.25. The van der Waals surface area contributed by atoms with Crippen LogP contribution in [0.25, 0.3) is 0 Å². The molecule has 0 saturated carbocycles. The highest BCUT2D eigenvalue weighted by molar-refractivity contribution is 8.18. The van der Waals surface area contributed by atoms with Gasteiger partial charge in [-0.15, -0.1) is 0 Å². The molecule has 0 aromatic heterocycles. The van der Waals surface area contributed by atoms with Crippen LogP contribution >= 0.6 is 11.8 Å². The van der Waals surface area contributed by atoms with Crippen molar-refractivity contribution in [3.05, 3.63) is 11.5 Å². The maximum atomic E-state index is 5.28. The second kappa shape index (κ2) is 3.64. The average Bonchev–Trinajstić information content (AvgIpc) is 2.49. The van der Waals surface area contributed by atoms with Crippen molar-refractivity contribution in [1.82, 2.24) is 0 Å². The van der Waals surface area contributed by atoms with Crippen LogP contribution < -0.4 is 0 Å². The van der Waals surface area contributed by atoms with E-state index in [1.165, 1.54) is 0 Å². The van der Waals surface area contributed by atoms with Crippen molar-refractivity contribution in [2.45, 2.75) is 6.92 Å². The molecule has 13 heavy (non-hydrogen) atoms. The van der Waals surface area contributed by atoms with Gasteiger partial charge in [0.1, 0.15) is 13.1 Å². The number of hydrogen-bond acceptors (Lipinski definition) is 2. The van der Waals surface area contributed by atoms with Crippen LogP contribution in [0.5, 0.6) is 0 Å². The summed E-state index contributed by atoms with van der Waals surface area (Å²) in [6.45, 7) is 9.46. The summed E-state index contributed by atoms with van der Waals surface area (Å²) in [5, 5.41) is 1.09. The summed E-state index contributed by atoms with van der Waals surface area (Å²) in [7, 11) is 0. The first-order chi connectivity index (χ1) is 6.27. The first kappa shape index (κ1) is 8.97. The summed E-state index contributed by atoms with van der Waals surface area (Å²) < 4.78 is 7.54. The highest BCUT2D eigenvalue weighted by Gasteiger charge is 2.27. The second-order valence-corrected chi connectivity index (χ2v) is 4.17. The molecule has 0 N–H and O–H groups in total. The number of rotatable bonds is 0. The summed E-state index contributed by atoms with van der Waals surface area (Å²) in [4.78, 5) is 5.53. The van der Waals surface area contributed by atoms with Crippen LogP contribution in [0, 0.1) is 0 Å². The van der Waals surface area contributed by atoms with Gasteiger partial charge in [0.15, 0.2) is 5.71 Å². The van der Waals surface area contributed by atoms with Crippen molar-refractivity contribution in [3.63, 3.8) is 0 Å². The lowest BCUT2D eigenvalue weighted by Gasteiger charge is -2.13. The Morgan fingerprint density at radius 1 is 1.46 bits per heavy atom. The van der Waals surface area contributed by atoms with E-state index in [-0.39, 0.29) is 0 Å². The van der Waals surface area contributed by atoms with Crippen LogP contribution in [-0.2, 0) is 4.74 Å². The number of hydrogen-bond donors (Lipinski definition) is 0. The van der Waals surface area contributed by atoms with Gasteiger partial charge in [0, 0.05) is 18.7 Å². The zero-order valence-corrected chi connectivity index (χ0v) is 8.56. The first-order valence-corrected chi connectivity index (χ1v) is 5.21. The van der Waals surface area contributed by atoms with E-state index in [2.05, 4.69) is 16.1 Å². The average molecular weight is 197 g/mol. The molecule has 0 radical (unpaired) electrons. The summed E-state index contributed by atoms with van der Waals surface area (Å²) in [6.07, 6.45) is 0. The van der Waals surface area contributed by atoms with Gasteiger partial charge in [0.05, 0.1) is 18.1 Å². The Bertz CT molecular complexity index is 299. The van der Waals surface area contributed by atoms with Gasteiger partial charge >= 0.3 is 5.17 Å². The molecule has 4 heteroatoms. The second-order valence-electron chi connectivity index (χ2n) is 3.10. The lowest BCUT2D eigenvalue weighted by atomic mass is 10.4. The Kier molecular flexibility index (Phi) is 2.51. The predicted octanol–water partition coefficient (Wildman–Crippen LogP) is 1.11.